The van der Waals surface area contributed by atoms with E-state index in [0.29, 0.717) is 37.6 Å². The van der Waals surface area contributed by atoms with Gasteiger partial charge < -0.3 is 9.64 Å². The number of nitriles is 1. The van der Waals surface area contributed by atoms with Crippen LogP contribution in [0.1, 0.15) is 6.42 Å². The van der Waals surface area contributed by atoms with Gasteiger partial charge in [0.05, 0.1) is 19.2 Å². The molecule has 0 spiro atoms. The summed E-state index contributed by atoms with van der Waals surface area (Å²) in [5.74, 6) is 0.344. The normalized spacial score (nSPS) is 27.0. The fourth-order valence-electron chi connectivity index (χ4n) is 4.34. The lowest BCUT2D eigenvalue weighted by atomic mass is 10.1. The number of amides is 2. The molecule has 2 heterocycles. The number of anilines is 1. The van der Waals surface area contributed by atoms with E-state index in [1.54, 1.807) is 31.4 Å². The van der Waals surface area contributed by atoms with Crippen LogP contribution in [-0.4, -0.2) is 51.1 Å². The zero-order valence-electron chi connectivity index (χ0n) is 16.4. The average molecular weight is 392 g/mol. The molecular formula is C22H24N4O3+2. The van der Waals surface area contributed by atoms with E-state index in [9.17, 15) is 14.9 Å². The van der Waals surface area contributed by atoms with Gasteiger partial charge in [0.2, 0.25) is 5.91 Å². The van der Waals surface area contributed by atoms with Gasteiger partial charge in [-0.2, -0.15) is 4.48 Å². The Bertz CT molecular complexity index is 944. The van der Waals surface area contributed by atoms with Crippen molar-refractivity contribution in [3.63, 3.8) is 0 Å². The van der Waals surface area contributed by atoms with Crippen LogP contribution in [0.3, 0.4) is 0 Å². The summed E-state index contributed by atoms with van der Waals surface area (Å²) in [5, 5.41) is 9.85. The molecule has 7 nitrogen and oxygen atoms in total. The third-order valence-electron chi connectivity index (χ3n) is 6.04. The predicted molar refractivity (Wildman–Crippen MR) is 108 cm³/mol. The van der Waals surface area contributed by atoms with Crippen LogP contribution in [0, 0.1) is 11.5 Å². The molecule has 2 aromatic rings. The number of nitrogens with one attached hydrogen (secondary N) is 1. The first kappa shape index (κ1) is 19.1. The van der Waals surface area contributed by atoms with E-state index in [-0.39, 0.29) is 28.8 Å². The SMILES string of the molecule is COc1ccc(N2C(=O)C[C@@H]([NH+]3CC[N+](C#N)(c4ccccc4)CC3)C2=O)cc1. The fraction of sp³-hybridized carbons (Fsp3) is 0.318. The highest BCUT2D eigenvalue weighted by Crippen LogP contribution is 2.25. The number of nitrogens with zero attached hydrogens (tertiary/aromatic N) is 3. The molecule has 2 saturated heterocycles. The van der Waals surface area contributed by atoms with Crippen molar-refractivity contribution in [3.8, 4) is 11.9 Å². The summed E-state index contributed by atoms with van der Waals surface area (Å²) in [4.78, 5) is 28.0. The van der Waals surface area contributed by atoms with Crippen LogP contribution < -0.4 is 19.0 Å². The van der Waals surface area contributed by atoms with Gasteiger partial charge >= 0.3 is 6.19 Å². The second-order valence-electron chi connectivity index (χ2n) is 7.53. The van der Waals surface area contributed by atoms with E-state index >= 15 is 0 Å². The second-order valence-corrected chi connectivity index (χ2v) is 7.53. The van der Waals surface area contributed by atoms with Crippen LogP contribution in [0.5, 0.6) is 5.75 Å². The quantitative estimate of drug-likeness (QED) is 0.473. The molecule has 4 rings (SSSR count). The predicted octanol–water partition coefficient (Wildman–Crippen LogP) is 0.714. The van der Waals surface area contributed by atoms with Crippen LogP contribution in [0.4, 0.5) is 11.4 Å². The lowest BCUT2D eigenvalue weighted by Gasteiger charge is -2.37. The van der Waals surface area contributed by atoms with Crippen molar-refractivity contribution in [3.05, 3.63) is 54.6 Å². The number of rotatable bonds is 4. The van der Waals surface area contributed by atoms with Crippen LogP contribution in [0.2, 0.25) is 0 Å². The summed E-state index contributed by atoms with van der Waals surface area (Å²) in [7, 11) is 1.58. The number of methoxy groups -OCH3 is 1. The minimum absolute atomic E-state index is 0.160. The molecule has 7 heteroatoms. The Morgan fingerprint density at radius 3 is 2.31 bits per heavy atom. The number of carbonyl (C=O) groups excluding carboxylic acids is 2. The topological polar surface area (TPSA) is 74.8 Å². The lowest BCUT2D eigenvalue weighted by Crippen LogP contribution is -3.19. The molecule has 2 amide bonds. The van der Waals surface area contributed by atoms with Crippen molar-refractivity contribution >= 4 is 23.2 Å². The van der Waals surface area contributed by atoms with Gasteiger partial charge in [0, 0.05) is 12.1 Å². The smallest absolute Gasteiger partial charge is 0.314 e. The number of ether oxygens (including phenoxy) is 1. The highest BCUT2D eigenvalue weighted by molar-refractivity contribution is 6.21. The summed E-state index contributed by atoms with van der Waals surface area (Å²) < 4.78 is 5.40. The molecule has 0 radical (unpaired) electrons. The molecule has 148 valence electrons. The molecule has 2 aliphatic rings. The summed E-state index contributed by atoms with van der Waals surface area (Å²) in [5.41, 5.74) is 1.55. The molecular weight excluding hydrogens is 368 g/mol. The van der Waals surface area contributed by atoms with E-state index in [1.807, 2.05) is 30.3 Å². The molecule has 0 saturated carbocycles. The number of piperazine rings is 1. The van der Waals surface area contributed by atoms with Crippen molar-refractivity contribution in [2.45, 2.75) is 12.5 Å². The summed E-state index contributed by atoms with van der Waals surface area (Å²) in [6.07, 6.45) is 2.67. The van der Waals surface area contributed by atoms with Gasteiger partial charge in [0.15, 0.2) is 6.04 Å². The van der Waals surface area contributed by atoms with Gasteiger partial charge in [-0.05, 0) is 24.3 Å². The van der Waals surface area contributed by atoms with Crippen molar-refractivity contribution in [2.75, 3.05) is 38.2 Å². The number of para-hydroxylation sites is 1. The number of carbonyl (C=O) groups is 2. The third-order valence-corrected chi connectivity index (χ3v) is 6.04. The molecule has 2 aliphatic heterocycles. The molecule has 0 bridgehead atoms. The fourth-order valence-corrected chi connectivity index (χ4v) is 4.34. The van der Waals surface area contributed by atoms with E-state index in [4.69, 9.17) is 4.74 Å². The van der Waals surface area contributed by atoms with E-state index < -0.39 is 0 Å². The second kappa shape index (κ2) is 7.66. The Kier molecular flexibility index (Phi) is 5.05. The lowest BCUT2D eigenvalue weighted by molar-refractivity contribution is -0.918. The van der Waals surface area contributed by atoms with Gasteiger partial charge in [-0.25, -0.2) is 4.90 Å². The molecule has 2 fully saturated rings. The van der Waals surface area contributed by atoms with Crippen molar-refractivity contribution < 1.29 is 19.2 Å². The first-order valence-electron chi connectivity index (χ1n) is 9.77. The minimum atomic E-state index is -0.388. The van der Waals surface area contributed by atoms with Crippen LogP contribution in [-0.2, 0) is 9.59 Å². The van der Waals surface area contributed by atoms with Gasteiger partial charge in [-0.15, -0.1) is 5.26 Å². The van der Waals surface area contributed by atoms with E-state index in [2.05, 4.69) is 6.19 Å². The maximum absolute atomic E-state index is 13.1. The largest absolute Gasteiger partial charge is 0.497 e. The van der Waals surface area contributed by atoms with Crippen molar-refractivity contribution in [2.24, 2.45) is 0 Å². The summed E-state index contributed by atoms with van der Waals surface area (Å²) in [6.45, 7) is 2.58. The number of imide groups is 1. The molecule has 29 heavy (non-hydrogen) atoms. The highest BCUT2D eigenvalue weighted by atomic mass is 16.5. The van der Waals surface area contributed by atoms with Crippen LogP contribution in [0.25, 0.3) is 0 Å². The van der Waals surface area contributed by atoms with E-state index in [0.717, 1.165) is 10.6 Å². The van der Waals surface area contributed by atoms with Crippen LogP contribution in [0.15, 0.2) is 54.6 Å². The Labute approximate surface area is 169 Å². The monoisotopic (exact) mass is 392 g/mol. The number of quaternary nitrogens is 2. The zero-order chi connectivity index (χ0) is 20.4. The molecule has 0 aliphatic carbocycles. The van der Waals surface area contributed by atoms with Gasteiger partial charge in [0.25, 0.3) is 5.91 Å². The Balaban J connectivity index is 1.48. The Hall–Kier alpha value is -3.21. The van der Waals surface area contributed by atoms with Crippen molar-refractivity contribution in [1.29, 1.82) is 5.26 Å². The zero-order valence-corrected chi connectivity index (χ0v) is 16.4. The van der Waals surface area contributed by atoms with E-state index in [1.165, 1.54) is 4.90 Å². The van der Waals surface area contributed by atoms with Crippen molar-refractivity contribution in [1.82, 2.24) is 4.48 Å². The number of hydrogen-bond donors (Lipinski definition) is 1. The summed E-state index contributed by atoms with van der Waals surface area (Å²) >= 11 is 0. The number of hydrogen-bond acceptors (Lipinski definition) is 4. The van der Waals surface area contributed by atoms with Gasteiger partial charge in [-0.1, -0.05) is 18.2 Å². The third kappa shape index (κ3) is 3.37. The van der Waals surface area contributed by atoms with Gasteiger partial charge in [-0.3, -0.25) is 9.59 Å². The molecule has 0 unspecified atom stereocenters. The Morgan fingerprint density at radius 1 is 1.07 bits per heavy atom. The number of benzene rings is 2. The average Bonchev–Trinajstić information content (AvgIpc) is 3.08. The summed E-state index contributed by atoms with van der Waals surface area (Å²) in [6, 6.07) is 16.3. The molecule has 1 N–H and O–H groups in total. The molecule has 0 aromatic heterocycles. The maximum atomic E-state index is 13.1. The van der Waals surface area contributed by atoms with Gasteiger partial charge in [0.1, 0.15) is 37.6 Å². The molecule has 1 atom stereocenters. The first-order chi connectivity index (χ1) is 14.1. The Morgan fingerprint density at radius 2 is 1.72 bits per heavy atom. The maximum Gasteiger partial charge on any atom is 0.314 e. The highest BCUT2D eigenvalue weighted by Gasteiger charge is 2.49. The minimum Gasteiger partial charge on any atom is -0.497 e. The van der Waals surface area contributed by atoms with Crippen LogP contribution >= 0.6 is 0 Å². The molecule has 2 aromatic carbocycles. The first-order valence-corrected chi connectivity index (χ1v) is 9.77. The standard InChI is InChI=1S/C22H23N4O3/c1-29-19-9-7-17(8-10-19)25-21(27)15-20(22(25)28)24-11-13-26(16-23,14-12-24)18-5-3-2-4-6-18/h2-10,20H,11-15H2,1H3/q+1/p+1/t20-/m1/s1.